The molecule has 0 spiro atoms. The van der Waals surface area contributed by atoms with Crippen LogP contribution in [0, 0.1) is 6.92 Å². The van der Waals surface area contributed by atoms with Crippen LogP contribution in [0.3, 0.4) is 0 Å². The fourth-order valence-corrected chi connectivity index (χ4v) is 2.36. The third kappa shape index (κ3) is 2.14. The van der Waals surface area contributed by atoms with Gasteiger partial charge in [-0.1, -0.05) is 23.5 Å². The third-order valence-electron chi connectivity index (χ3n) is 2.65. The van der Waals surface area contributed by atoms with Crippen LogP contribution in [-0.2, 0) is 7.05 Å². The van der Waals surface area contributed by atoms with Crippen molar-refractivity contribution in [2.75, 3.05) is 5.32 Å². The molecule has 5 nitrogen and oxygen atoms in total. The Labute approximate surface area is 107 Å². The zero-order valence-corrected chi connectivity index (χ0v) is 10.7. The second-order valence-corrected chi connectivity index (χ2v) is 4.77. The van der Waals surface area contributed by atoms with Crippen LogP contribution in [0.2, 0.25) is 0 Å². The molecule has 1 amide bonds. The SMILES string of the molecule is Cc1c(C(=O)Nc2ccccc2O)sc(=O)n1C. The van der Waals surface area contributed by atoms with Gasteiger partial charge in [0.25, 0.3) is 5.91 Å². The summed E-state index contributed by atoms with van der Waals surface area (Å²) in [4.78, 5) is 23.6. The average Bonchev–Trinajstić information content (AvgIpc) is 2.60. The second kappa shape index (κ2) is 4.66. The molecule has 0 fully saturated rings. The molecule has 1 aromatic carbocycles. The number of hydrogen-bond donors (Lipinski definition) is 2. The van der Waals surface area contributed by atoms with Gasteiger partial charge in [-0.2, -0.15) is 0 Å². The maximum absolute atomic E-state index is 12.0. The molecule has 2 rings (SSSR count). The predicted molar refractivity (Wildman–Crippen MR) is 70.4 cm³/mol. The first kappa shape index (κ1) is 12.4. The number of anilines is 1. The Kier molecular flexibility index (Phi) is 3.20. The van der Waals surface area contributed by atoms with E-state index < -0.39 is 5.91 Å². The lowest BCUT2D eigenvalue weighted by molar-refractivity contribution is 0.102. The molecule has 0 atom stereocenters. The lowest BCUT2D eigenvalue weighted by atomic mass is 10.3. The smallest absolute Gasteiger partial charge is 0.307 e. The Morgan fingerprint density at radius 1 is 1.39 bits per heavy atom. The lowest BCUT2D eigenvalue weighted by Crippen LogP contribution is -2.12. The van der Waals surface area contributed by atoms with Crippen LogP contribution in [0.5, 0.6) is 5.75 Å². The summed E-state index contributed by atoms with van der Waals surface area (Å²) in [6.45, 7) is 1.71. The molecule has 0 aliphatic heterocycles. The van der Waals surface area contributed by atoms with Gasteiger partial charge in [0.15, 0.2) is 0 Å². The van der Waals surface area contributed by atoms with Gasteiger partial charge in [0.1, 0.15) is 10.6 Å². The van der Waals surface area contributed by atoms with Crippen LogP contribution in [0.4, 0.5) is 5.69 Å². The summed E-state index contributed by atoms with van der Waals surface area (Å²) in [5.74, 6) is -0.400. The molecule has 2 N–H and O–H groups in total. The van der Waals surface area contributed by atoms with Crippen LogP contribution >= 0.6 is 11.3 Å². The van der Waals surface area contributed by atoms with E-state index in [0.29, 0.717) is 16.3 Å². The van der Waals surface area contributed by atoms with E-state index >= 15 is 0 Å². The van der Waals surface area contributed by atoms with Crippen LogP contribution in [0.15, 0.2) is 29.1 Å². The maximum atomic E-state index is 12.0. The number of aromatic nitrogens is 1. The van der Waals surface area contributed by atoms with Gasteiger partial charge in [-0.05, 0) is 19.1 Å². The Morgan fingerprint density at radius 3 is 2.61 bits per heavy atom. The number of phenols is 1. The standard InChI is InChI=1S/C12H12N2O3S/c1-7-10(18-12(17)14(7)2)11(16)13-8-5-3-4-6-9(8)15/h3-6,15H,1-2H3,(H,13,16). The number of amides is 1. The van der Waals surface area contributed by atoms with Gasteiger partial charge in [0, 0.05) is 12.7 Å². The number of thiazole rings is 1. The van der Waals surface area contributed by atoms with E-state index in [9.17, 15) is 14.7 Å². The predicted octanol–water partition coefficient (Wildman–Crippen LogP) is 1.71. The van der Waals surface area contributed by atoms with Gasteiger partial charge in [-0.15, -0.1) is 0 Å². The summed E-state index contributed by atoms with van der Waals surface area (Å²) in [6.07, 6.45) is 0. The summed E-state index contributed by atoms with van der Waals surface area (Å²) in [6, 6.07) is 6.44. The average molecular weight is 264 g/mol. The van der Waals surface area contributed by atoms with Crippen molar-refractivity contribution in [1.29, 1.82) is 0 Å². The molecule has 0 aliphatic rings. The van der Waals surface area contributed by atoms with Gasteiger partial charge < -0.3 is 15.0 Å². The van der Waals surface area contributed by atoms with Gasteiger partial charge in [0.2, 0.25) is 0 Å². The van der Waals surface area contributed by atoms with Crippen LogP contribution in [-0.4, -0.2) is 15.6 Å². The summed E-state index contributed by atoms with van der Waals surface area (Å²) in [7, 11) is 1.62. The minimum atomic E-state index is -0.392. The number of hydrogen-bond acceptors (Lipinski definition) is 4. The number of carbonyl (C=O) groups is 1. The van der Waals surface area contributed by atoms with Crippen molar-refractivity contribution in [3.05, 3.63) is 44.5 Å². The molecule has 0 saturated carbocycles. The first-order valence-electron chi connectivity index (χ1n) is 5.26. The Morgan fingerprint density at radius 2 is 2.06 bits per heavy atom. The number of carbonyl (C=O) groups excluding carboxylic acids is 1. The van der Waals surface area contributed by atoms with Gasteiger partial charge >= 0.3 is 4.87 Å². The third-order valence-corrected chi connectivity index (χ3v) is 3.79. The highest BCUT2D eigenvalue weighted by Crippen LogP contribution is 2.23. The maximum Gasteiger partial charge on any atom is 0.307 e. The summed E-state index contributed by atoms with van der Waals surface area (Å²) < 4.78 is 1.42. The quantitative estimate of drug-likeness (QED) is 0.811. The van der Waals surface area contributed by atoms with E-state index in [1.54, 1.807) is 32.2 Å². The fraction of sp³-hybridized carbons (Fsp3) is 0.167. The van der Waals surface area contributed by atoms with Crippen LogP contribution in [0.25, 0.3) is 0 Å². The molecule has 1 aromatic heterocycles. The monoisotopic (exact) mass is 264 g/mol. The Hall–Kier alpha value is -2.08. The number of para-hydroxylation sites is 2. The summed E-state index contributed by atoms with van der Waals surface area (Å²) in [5, 5.41) is 12.1. The molecule has 18 heavy (non-hydrogen) atoms. The number of aromatic hydroxyl groups is 1. The molecule has 94 valence electrons. The zero-order chi connectivity index (χ0) is 13.3. The van der Waals surface area contributed by atoms with E-state index in [2.05, 4.69) is 5.32 Å². The van der Waals surface area contributed by atoms with Crippen molar-refractivity contribution >= 4 is 22.9 Å². The molecule has 0 aliphatic carbocycles. The second-order valence-electron chi connectivity index (χ2n) is 3.81. The van der Waals surface area contributed by atoms with Crippen molar-refractivity contribution < 1.29 is 9.90 Å². The first-order chi connectivity index (χ1) is 8.50. The Bertz CT molecular complexity index is 658. The van der Waals surface area contributed by atoms with Crippen molar-refractivity contribution in [2.24, 2.45) is 7.05 Å². The number of nitrogens with zero attached hydrogens (tertiary/aromatic N) is 1. The molecule has 1 heterocycles. The van der Waals surface area contributed by atoms with Crippen LogP contribution in [0.1, 0.15) is 15.4 Å². The van der Waals surface area contributed by atoms with Crippen molar-refractivity contribution in [3.8, 4) is 5.75 Å². The largest absolute Gasteiger partial charge is 0.506 e. The molecule has 0 saturated heterocycles. The lowest BCUT2D eigenvalue weighted by Gasteiger charge is -2.06. The number of benzene rings is 1. The highest BCUT2D eigenvalue weighted by molar-refractivity contribution is 7.11. The Balaban J connectivity index is 2.31. The molecule has 0 bridgehead atoms. The van der Waals surface area contributed by atoms with Gasteiger partial charge in [-0.3, -0.25) is 9.59 Å². The van der Waals surface area contributed by atoms with E-state index in [-0.39, 0.29) is 10.6 Å². The van der Waals surface area contributed by atoms with Gasteiger partial charge in [-0.25, -0.2) is 0 Å². The van der Waals surface area contributed by atoms with Crippen molar-refractivity contribution in [1.82, 2.24) is 4.57 Å². The molecule has 0 unspecified atom stereocenters. The fourth-order valence-electron chi connectivity index (χ4n) is 1.49. The minimum Gasteiger partial charge on any atom is -0.506 e. The van der Waals surface area contributed by atoms with E-state index in [1.807, 2.05) is 0 Å². The molecular formula is C12H12N2O3S. The highest BCUT2D eigenvalue weighted by atomic mass is 32.1. The summed E-state index contributed by atoms with van der Waals surface area (Å²) in [5.41, 5.74) is 0.934. The molecule has 6 heteroatoms. The normalized spacial score (nSPS) is 10.3. The number of nitrogens with one attached hydrogen (secondary N) is 1. The molecule has 2 aromatic rings. The van der Waals surface area contributed by atoms with E-state index in [1.165, 1.54) is 10.6 Å². The highest BCUT2D eigenvalue weighted by Gasteiger charge is 2.16. The van der Waals surface area contributed by atoms with E-state index in [4.69, 9.17) is 0 Å². The minimum absolute atomic E-state index is 0.00761. The topological polar surface area (TPSA) is 71.3 Å². The first-order valence-corrected chi connectivity index (χ1v) is 6.08. The number of phenolic OH excluding ortho intramolecular Hbond substituents is 1. The van der Waals surface area contributed by atoms with E-state index in [0.717, 1.165) is 11.3 Å². The summed E-state index contributed by atoms with van der Waals surface area (Å²) >= 11 is 0.888. The van der Waals surface area contributed by atoms with Crippen molar-refractivity contribution in [2.45, 2.75) is 6.92 Å². The number of rotatable bonds is 2. The molecule has 0 radical (unpaired) electrons. The van der Waals surface area contributed by atoms with Crippen molar-refractivity contribution in [3.63, 3.8) is 0 Å². The molecular weight excluding hydrogens is 252 g/mol. The van der Waals surface area contributed by atoms with Crippen LogP contribution < -0.4 is 10.2 Å². The van der Waals surface area contributed by atoms with Gasteiger partial charge in [0.05, 0.1) is 5.69 Å². The zero-order valence-electron chi connectivity index (χ0n) is 9.93.